The van der Waals surface area contributed by atoms with Crippen molar-refractivity contribution < 1.29 is 9.53 Å². The average molecular weight is 296 g/mol. The van der Waals surface area contributed by atoms with Crippen LogP contribution in [0.1, 0.15) is 23.2 Å². The number of halogens is 1. The first kappa shape index (κ1) is 13.8. The molecule has 0 spiro atoms. The molecule has 1 aromatic rings. The third-order valence-electron chi connectivity index (χ3n) is 3.82. The summed E-state index contributed by atoms with van der Waals surface area (Å²) in [7, 11) is 0. The minimum absolute atomic E-state index is 0.106. The standard InChI is InChI=1S/C14H18ClN3O2/c15-13-7-10(3-4-16-13)14(19)17-5-6-18-8-11-1-2-12(9-18)20-11/h3-4,7,11-12H,1-2,5-6,8-9H2,(H,17,19)/t11-,12+. The first-order valence-corrected chi connectivity index (χ1v) is 7.36. The van der Waals surface area contributed by atoms with E-state index in [1.165, 1.54) is 19.0 Å². The number of nitrogens with zero attached hydrogens (tertiary/aromatic N) is 2. The Balaban J connectivity index is 1.44. The number of amides is 1. The quantitative estimate of drug-likeness (QED) is 0.852. The van der Waals surface area contributed by atoms with E-state index < -0.39 is 0 Å². The minimum atomic E-state index is -0.106. The first-order chi connectivity index (χ1) is 9.70. The van der Waals surface area contributed by atoms with Crippen LogP contribution in [0.15, 0.2) is 18.3 Å². The molecule has 5 nitrogen and oxygen atoms in total. The van der Waals surface area contributed by atoms with Gasteiger partial charge in [-0.15, -0.1) is 0 Å². The number of carbonyl (C=O) groups excluding carboxylic acids is 1. The van der Waals surface area contributed by atoms with Crippen molar-refractivity contribution in [1.82, 2.24) is 15.2 Å². The van der Waals surface area contributed by atoms with Crippen LogP contribution < -0.4 is 5.32 Å². The van der Waals surface area contributed by atoms with E-state index >= 15 is 0 Å². The maximum absolute atomic E-state index is 11.9. The van der Waals surface area contributed by atoms with E-state index in [0.717, 1.165) is 19.6 Å². The number of morpholine rings is 1. The molecule has 108 valence electrons. The number of nitrogens with one attached hydrogen (secondary N) is 1. The molecule has 0 saturated carbocycles. The highest BCUT2D eigenvalue weighted by Gasteiger charge is 2.33. The predicted octanol–water partition coefficient (Wildman–Crippen LogP) is 1.33. The molecule has 0 aromatic carbocycles. The van der Waals surface area contributed by atoms with Crippen molar-refractivity contribution in [2.45, 2.75) is 25.0 Å². The molecule has 1 N–H and O–H groups in total. The third kappa shape index (κ3) is 3.29. The van der Waals surface area contributed by atoms with Crippen molar-refractivity contribution in [3.63, 3.8) is 0 Å². The Morgan fingerprint density at radius 3 is 2.90 bits per heavy atom. The second-order valence-electron chi connectivity index (χ2n) is 5.34. The van der Waals surface area contributed by atoms with Crippen LogP contribution in [-0.2, 0) is 4.74 Å². The van der Waals surface area contributed by atoms with Gasteiger partial charge in [-0.1, -0.05) is 11.6 Å². The van der Waals surface area contributed by atoms with Crippen LogP contribution in [0.4, 0.5) is 0 Å². The maximum Gasteiger partial charge on any atom is 0.251 e. The summed E-state index contributed by atoms with van der Waals surface area (Å²) in [4.78, 5) is 18.2. The molecule has 2 fully saturated rings. The number of likely N-dealkylation sites (tertiary alicyclic amines) is 1. The molecule has 0 aliphatic carbocycles. The zero-order valence-corrected chi connectivity index (χ0v) is 12.0. The first-order valence-electron chi connectivity index (χ1n) is 6.98. The molecule has 2 aliphatic heterocycles. The lowest BCUT2D eigenvalue weighted by Crippen LogP contribution is -2.45. The molecular formula is C14H18ClN3O2. The Morgan fingerprint density at radius 1 is 1.45 bits per heavy atom. The molecule has 2 atom stereocenters. The molecule has 3 rings (SSSR count). The van der Waals surface area contributed by atoms with E-state index in [1.807, 2.05) is 0 Å². The van der Waals surface area contributed by atoms with Gasteiger partial charge in [0.1, 0.15) is 5.15 Å². The van der Waals surface area contributed by atoms with E-state index in [0.29, 0.717) is 29.5 Å². The summed E-state index contributed by atoms with van der Waals surface area (Å²) < 4.78 is 5.79. The van der Waals surface area contributed by atoms with Gasteiger partial charge in [0, 0.05) is 37.9 Å². The molecule has 0 radical (unpaired) electrons. The Bertz CT molecular complexity index is 485. The number of hydrogen-bond acceptors (Lipinski definition) is 4. The number of rotatable bonds is 4. The van der Waals surface area contributed by atoms with E-state index in [4.69, 9.17) is 16.3 Å². The van der Waals surface area contributed by atoms with E-state index in [9.17, 15) is 4.79 Å². The summed E-state index contributed by atoms with van der Waals surface area (Å²) in [5, 5.41) is 3.25. The molecule has 20 heavy (non-hydrogen) atoms. The molecular weight excluding hydrogens is 278 g/mol. The van der Waals surface area contributed by atoms with Gasteiger partial charge in [-0.05, 0) is 25.0 Å². The monoisotopic (exact) mass is 295 g/mol. The van der Waals surface area contributed by atoms with Gasteiger partial charge in [0.15, 0.2) is 0 Å². The predicted molar refractivity (Wildman–Crippen MR) is 75.9 cm³/mol. The topological polar surface area (TPSA) is 54.5 Å². The number of fused-ring (bicyclic) bond motifs is 2. The summed E-state index contributed by atoms with van der Waals surface area (Å²) in [6.07, 6.45) is 4.66. The van der Waals surface area contributed by atoms with Crippen molar-refractivity contribution in [2.75, 3.05) is 26.2 Å². The van der Waals surface area contributed by atoms with Crippen molar-refractivity contribution in [3.8, 4) is 0 Å². The molecule has 2 aliphatic rings. The van der Waals surface area contributed by atoms with Crippen LogP contribution in [0.25, 0.3) is 0 Å². The molecule has 0 unspecified atom stereocenters. The fourth-order valence-electron chi connectivity index (χ4n) is 2.86. The molecule has 6 heteroatoms. The lowest BCUT2D eigenvalue weighted by molar-refractivity contribution is -0.0375. The maximum atomic E-state index is 11.9. The van der Waals surface area contributed by atoms with Crippen LogP contribution in [0.3, 0.4) is 0 Å². The van der Waals surface area contributed by atoms with Crippen LogP contribution >= 0.6 is 11.6 Å². The number of pyridine rings is 1. The van der Waals surface area contributed by atoms with Gasteiger partial charge in [0.2, 0.25) is 0 Å². The second-order valence-corrected chi connectivity index (χ2v) is 5.73. The highest BCUT2D eigenvalue weighted by atomic mass is 35.5. The molecule has 1 amide bonds. The van der Waals surface area contributed by atoms with Crippen molar-refractivity contribution in [1.29, 1.82) is 0 Å². The highest BCUT2D eigenvalue weighted by Crippen LogP contribution is 2.25. The second kappa shape index (κ2) is 6.08. The van der Waals surface area contributed by atoms with Crippen LogP contribution in [0.5, 0.6) is 0 Å². The van der Waals surface area contributed by atoms with E-state index in [-0.39, 0.29) is 5.91 Å². The van der Waals surface area contributed by atoms with Gasteiger partial charge in [0.25, 0.3) is 5.91 Å². The van der Waals surface area contributed by atoms with Crippen molar-refractivity contribution >= 4 is 17.5 Å². The van der Waals surface area contributed by atoms with Crippen molar-refractivity contribution in [2.24, 2.45) is 0 Å². The average Bonchev–Trinajstić information content (AvgIpc) is 2.78. The van der Waals surface area contributed by atoms with Gasteiger partial charge in [-0.3, -0.25) is 9.69 Å². The largest absolute Gasteiger partial charge is 0.372 e. The fraction of sp³-hybridized carbons (Fsp3) is 0.571. The van der Waals surface area contributed by atoms with Crippen molar-refractivity contribution in [3.05, 3.63) is 29.0 Å². The smallest absolute Gasteiger partial charge is 0.251 e. The Hall–Kier alpha value is -1.17. The van der Waals surface area contributed by atoms with Gasteiger partial charge in [-0.2, -0.15) is 0 Å². The summed E-state index contributed by atoms with van der Waals surface area (Å²) in [5.74, 6) is -0.106. The summed E-state index contributed by atoms with van der Waals surface area (Å²) >= 11 is 5.77. The normalized spacial score (nSPS) is 25.6. The zero-order valence-electron chi connectivity index (χ0n) is 11.2. The molecule has 2 bridgehead atoms. The fourth-order valence-corrected chi connectivity index (χ4v) is 3.03. The highest BCUT2D eigenvalue weighted by molar-refractivity contribution is 6.29. The number of carbonyl (C=O) groups is 1. The van der Waals surface area contributed by atoms with Crippen LogP contribution in [0.2, 0.25) is 5.15 Å². The Kier molecular flexibility index (Phi) is 4.19. The lowest BCUT2D eigenvalue weighted by Gasteiger charge is -2.31. The summed E-state index contributed by atoms with van der Waals surface area (Å²) in [5.41, 5.74) is 0.548. The summed E-state index contributed by atoms with van der Waals surface area (Å²) in [6, 6.07) is 3.24. The molecule has 3 heterocycles. The van der Waals surface area contributed by atoms with Gasteiger partial charge < -0.3 is 10.1 Å². The summed E-state index contributed by atoms with van der Waals surface area (Å²) in [6.45, 7) is 3.46. The molecule has 1 aromatic heterocycles. The molecule has 2 saturated heterocycles. The lowest BCUT2D eigenvalue weighted by atomic mass is 10.2. The zero-order chi connectivity index (χ0) is 13.9. The van der Waals surface area contributed by atoms with E-state index in [1.54, 1.807) is 12.1 Å². The Labute approximate surface area is 123 Å². The van der Waals surface area contributed by atoms with Gasteiger partial charge >= 0.3 is 0 Å². The Morgan fingerprint density at radius 2 is 2.20 bits per heavy atom. The SMILES string of the molecule is O=C(NCCN1C[C@H]2CC[C@@H](C1)O2)c1ccnc(Cl)c1. The van der Waals surface area contributed by atoms with Gasteiger partial charge in [-0.25, -0.2) is 4.98 Å². The number of aromatic nitrogens is 1. The van der Waals surface area contributed by atoms with Crippen LogP contribution in [-0.4, -0.2) is 54.2 Å². The number of ether oxygens (including phenoxy) is 1. The van der Waals surface area contributed by atoms with E-state index in [2.05, 4.69) is 15.2 Å². The number of hydrogen-bond donors (Lipinski definition) is 1. The van der Waals surface area contributed by atoms with Gasteiger partial charge in [0.05, 0.1) is 12.2 Å². The van der Waals surface area contributed by atoms with Crippen LogP contribution in [0, 0.1) is 0 Å². The minimum Gasteiger partial charge on any atom is -0.372 e. The third-order valence-corrected chi connectivity index (χ3v) is 4.03.